The number of carbonyl (C=O) groups excluding carboxylic acids is 1. The molecule has 0 atom stereocenters. The Labute approximate surface area is 173 Å². The van der Waals surface area contributed by atoms with Crippen molar-refractivity contribution in [2.24, 2.45) is 0 Å². The van der Waals surface area contributed by atoms with Crippen LogP contribution >= 0.6 is 11.8 Å². The van der Waals surface area contributed by atoms with Crippen LogP contribution in [0.4, 0.5) is 5.69 Å². The van der Waals surface area contributed by atoms with Gasteiger partial charge in [-0.2, -0.15) is 11.8 Å². The van der Waals surface area contributed by atoms with Gasteiger partial charge >= 0.3 is 0 Å². The van der Waals surface area contributed by atoms with Gasteiger partial charge in [0, 0.05) is 12.7 Å². The number of nitrogens with zero attached hydrogens (tertiary/aromatic N) is 3. The van der Waals surface area contributed by atoms with E-state index in [0.29, 0.717) is 11.4 Å². The largest absolute Gasteiger partial charge is 0.325 e. The van der Waals surface area contributed by atoms with E-state index in [1.165, 1.54) is 26.3 Å². The molecule has 0 aliphatic heterocycles. The molecule has 3 aromatic rings. The third kappa shape index (κ3) is 4.61. The quantitative estimate of drug-likeness (QED) is 0.548. The molecule has 0 unspecified atom stereocenters. The molecule has 1 aromatic heterocycles. The monoisotopic (exact) mass is 434 g/mol. The normalized spacial score (nSPS) is 11.9. The number of carbonyl (C=O) groups is 1. The summed E-state index contributed by atoms with van der Waals surface area (Å²) in [5.41, 5.74) is 2.25. The molecule has 0 saturated carbocycles. The van der Waals surface area contributed by atoms with Crippen molar-refractivity contribution in [1.29, 1.82) is 0 Å². The van der Waals surface area contributed by atoms with E-state index >= 15 is 0 Å². The summed E-state index contributed by atoms with van der Waals surface area (Å²) in [4.78, 5) is 22.0. The lowest BCUT2D eigenvalue weighted by Crippen LogP contribution is -2.25. The minimum absolute atomic E-state index is 0.0720. The smallest absolute Gasteiger partial charge is 0.264 e. The number of thioether (sulfide) groups is 1. The van der Waals surface area contributed by atoms with Crippen LogP contribution in [0.3, 0.4) is 0 Å². The molecular weight excluding hydrogens is 412 g/mol. The van der Waals surface area contributed by atoms with Crippen molar-refractivity contribution in [3.05, 3.63) is 54.4 Å². The predicted octanol–water partition coefficient (Wildman–Crippen LogP) is 2.72. The average Bonchev–Trinajstić information content (AvgIpc) is 3.05. The van der Waals surface area contributed by atoms with Gasteiger partial charge in [-0.3, -0.25) is 9.63 Å². The number of rotatable bonds is 8. The van der Waals surface area contributed by atoms with E-state index < -0.39 is 10.0 Å². The van der Waals surface area contributed by atoms with Crippen LogP contribution in [-0.4, -0.2) is 48.8 Å². The summed E-state index contributed by atoms with van der Waals surface area (Å²) in [6, 6.07) is 13.6. The molecule has 0 aliphatic carbocycles. The van der Waals surface area contributed by atoms with E-state index in [0.717, 1.165) is 21.3 Å². The molecule has 154 valence electrons. The number of nitrogens with one attached hydrogen (secondary N) is 1. The maximum Gasteiger partial charge on any atom is 0.264 e. The summed E-state index contributed by atoms with van der Waals surface area (Å²) in [5.74, 6) is 1.31. The number of sulfonamides is 1. The van der Waals surface area contributed by atoms with Crippen molar-refractivity contribution in [3.63, 3.8) is 0 Å². The lowest BCUT2D eigenvalue weighted by atomic mass is 10.3. The molecule has 0 fully saturated rings. The Balaban J connectivity index is 1.77. The van der Waals surface area contributed by atoms with E-state index in [9.17, 15) is 13.2 Å². The number of amides is 1. The molecule has 8 nitrogen and oxygen atoms in total. The fourth-order valence-corrected chi connectivity index (χ4v) is 4.29. The Morgan fingerprint density at radius 2 is 1.90 bits per heavy atom. The van der Waals surface area contributed by atoms with Crippen molar-refractivity contribution >= 4 is 44.4 Å². The zero-order valence-corrected chi connectivity index (χ0v) is 18.0. The second kappa shape index (κ2) is 8.95. The van der Waals surface area contributed by atoms with Gasteiger partial charge < -0.3 is 9.88 Å². The van der Waals surface area contributed by atoms with Crippen molar-refractivity contribution in [2.75, 3.05) is 25.7 Å². The first-order chi connectivity index (χ1) is 13.9. The molecule has 1 amide bonds. The third-order valence-corrected chi connectivity index (χ3v) is 6.58. The molecule has 0 spiro atoms. The van der Waals surface area contributed by atoms with Crippen LogP contribution in [0.25, 0.3) is 11.0 Å². The Kier molecular flexibility index (Phi) is 6.58. The zero-order valence-electron chi connectivity index (χ0n) is 16.3. The average molecular weight is 435 g/mol. The van der Waals surface area contributed by atoms with E-state index in [-0.39, 0.29) is 17.3 Å². The summed E-state index contributed by atoms with van der Waals surface area (Å²) >= 11 is 1.64. The molecular formula is C19H22N4O4S2. The third-order valence-electron chi connectivity index (χ3n) is 4.34. The fourth-order valence-electron chi connectivity index (χ4n) is 2.84. The maximum absolute atomic E-state index is 12.6. The topological polar surface area (TPSA) is 93.5 Å². The number of hydroxylamine groups is 1. The summed E-state index contributed by atoms with van der Waals surface area (Å²) in [7, 11) is -1.14. The van der Waals surface area contributed by atoms with Gasteiger partial charge in [-0.15, -0.1) is 0 Å². The lowest BCUT2D eigenvalue weighted by Gasteiger charge is -2.14. The molecule has 3 rings (SSSR count). The van der Waals surface area contributed by atoms with E-state index in [1.54, 1.807) is 23.9 Å². The fraction of sp³-hybridized carbons (Fsp3) is 0.263. The van der Waals surface area contributed by atoms with Crippen molar-refractivity contribution in [3.8, 4) is 0 Å². The van der Waals surface area contributed by atoms with Crippen molar-refractivity contribution in [1.82, 2.24) is 14.0 Å². The standard InChI is InChI=1S/C19H22N4O4S2/c1-22(27-2)29(25,26)15-10-8-14(9-11-15)20-19(24)12-23-17-7-5-4-6-16(17)21-18(23)13-28-3/h4-11H,12-13H2,1-3H3,(H,20,24). The van der Waals surface area contributed by atoms with Crippen LogP contribution < -0.4 is 5.32 Å². The van der Waals surface area contributed by atoms with Gasteiger partial charge in [0.1, 0.15) is 12.4 Å². The number of fused-ring (bicyclic) bond motifs is 1. The van der Waals surface area contributed by atoms with Gasteiger partial charge in [0.25, 0.3) is 10.0 Å². The maximum atomic E-state index is 12.6. The van der Waals surface area contributed by atoms with Crippen LogP contribution in [-0.2, 0) is 32.0 Å². The predicted molar refractivity (Wildman–Crippen MR) is 114 cm³/mol. The second-order valence-corrected chi connectivity index (χ2v) is 9.01. The number of imidazole rings is 1. The molecule has 1 N–H and O–H groups in total. The molecule has 29 heavy (non-hydrogen) atoms. The Hall–Kier alpha value is -2.40. The van der Waals surface area contributed by atoms with Gasteiger partial charge in [-0.05, 0) is 42.7 Å². The van der Waals surface area contributed by atoms with Crippen LogP contribution in [0.2, 0.25) is 0 Å². The van der Waals surface area contributed by atoms with Crippen LogP contribution in [0.5, 0.6) is 0 Å². The van der Waals surface area contributed by atoms with Crippen LogP contribution in [0, 0.1) is 0 Å². The molecule has 0 radical (unpaired) electrons. The first-order valence-corrected chi connectivity index (χ1v) is 11.6. The SMILES string of the molecule is CON(C)S(=O)(=O)c1ccc(NC(=O)Cn2c(CSC)nc3ccccc32)cc1. The van der Waals surface area contributed by atoms with Gasteiger partial charge in [0.15, 0.2) is 0 Å². The first-order valence-electron chi connectivity index (χ1n) is 8.73. The van der Waals surface area contributed by atoms with E-state index in [2.05, 4.69) is 10.3 Å². The van der Waals surface area contributed by atoms with Crippen LogP contribution in [0.15, 0.2) is 53.4 Å². The minimum Gasteiger partial charge on any atom is -0.325 e. The highest BCUT2D eigenvalue weighted by atomic mass is 32.2. The van der Waals surface area contributed by atoms with E-state index in [4.69, 9.17) is 4.84 Å². The minimum atomic E-state index is -3.73. The highest BCUT2D eigenvalue weighted by Gasteiger charge is 2.20. The van der Waals surface area contributed by atoms with Gasteiger partial charge in [0.2, 0.25) is 5.91 Å². The number of anilines is 1. The van der Waals surface area contributed by atoms with Crippen molar-refractivity contribution < 1.29 is 18.0 Å². The highest BCUT2D eigenvalue weighted by Crippen LogP contribution is 2.20. The summed E-state index contributed by atoms with van der Waals surface area (Å²) in [6.07, 6.45) is 1.99. The second-order valence-electron chi connectivity index (χ2n) is 6.21. The Morgan fingerprint density at radius 1 is 1.21 bits per heavy atom. The molecule has 1 heterocycles. The summed E-state index contributed by atoms with van der Waals surface area (Å²) in [6.45, 7) is 0.114. The Bertz CT molecular complexity index is 1110. The molecule has 0 aliphatic rings. The van der Waals surface area contributed by atoms with Gasteiger partial charge in [0.05, 0.1) is 28.8 Å². The molecule has 0 bridgehead atoms. The number of hydrogen-bond donors (Lipinski definition) is 1. The zero-order chi connectivity index (χ0) is 21.0. The Morgan fingerprint density at radius 3 is 2.55 bits per heavy atom. The van der Waals surface area contributed by atoms with Crippen LogP contribution in [0.1, 0.15) is 5.82 Å². The molecule has 2 aromatic carbocycles. The first kappa shape index (κ1) is 21.3. The number of aromatic nitrogens is 2. The summed E-state index contributed by atoms with van der Waals surface area (Å²) in [5, 5.41) is 2.80. The van der Waals surface area contributed by atoms with Gasteiger partial charge in [-0.25, -0.2) is 13.4 Å². The van der Waals surface area contributed by atoms with Gasteiger partial charge in [-0.1, -0.05) is 16.6 Å². The van der Waals surface area contributed by atoms with Crippen molar-refractivity contribution in [2.45, 2.75) is 17.2 Å². The number of para-hydroxylation sites is 2. The molecule has 10 heteroatoms. The number of hydrogen-bond acceptors (Lipinski definition) is 6. The highest BCUT2D eigenvalue weighted by molar-refractivity contribution is 7.97. The van der Waals surface area contributed by atoms with E-state index in [1.807, 2.05) is 35.1 Å². The lowest BCUT2D eigenvalue weighted by molar-refractivity contribution is -0.116. The summed E-state index contributed by atoms with van der Waals surface area (Å²) < 4.78 is 27.1. The number of benzene rings is 2. The molecule has 0 saturated heterocycles.